The van der Waals surface area contributed by atoms with E-state index in [9.17, 15) is 18.0 Å². The maximum Gasteiger partial charge on any atom is 0.261 e. The van der Waals surface area contributed by atoms with Gasteiger partial charge in [-0.1, -0.05) is 22.0 Å². The maximum atomic E-state index is 12.8. The van der Waals surface area contributed by atoms with Crippen molar-refractivity contribution in [1.82, 2.24) is 4.90 Å². The van der Waals surface area contributed by atoms with E-state index >= 15 is 0 Å². The van der Waals surface area contributed by atoms with Crippen LogP contribution in [0, 0.1) is 5.92 Å². The summed E-state index contributed by atoms with van der Waals surface area (Å²) in [7, 11) is -3.85. The maximum absolute atomic E-state index is 12.8. The zero-order chi connectivity index (χ0) is 20.3. The molecule has 1 aliphatic heterocycles. The number of amides is 2. The van der Waals surface area contributed by atoms with Gasteiger partial charge in [-0.05, 0) is 55.3 Å². The molecule has 28 heavy (non-hydrogen) atoms. The Labute approximate surface area is 172 Å². The summed E-state index contributed by atoms with van der Waals surface area (Å²) in [5.41, 5.74) is 6.04. The molecular formula is C19H20BrN3O4S. The number of hydrogen-bond donors (Lipinski definition) is 2. The fourth-order valence-corrected chi connectivity index (χ4v) is 4.47. The van der Waals surface area contributed by atoms with Crippen LogP contribution in [0.3, 0.4) is 0 Å². The molecule has 1 saturated heterocycles. The van der Waals surface area contributed by atoms with Crippen molar-refractivity contribution in [3.05, 3.63) is 58.6 Å². The van der Waals surface area contributed by atoms with Crippen LogP contribution in [0.2, 0.25) is 0 Å². The molecule has 1 aliphatic rings. The number of carbonyl (C=O) groups excluding carboxylic acids is 2. The summed E-state index contributed by atoms with van der Waals surface area (Å²) in [6, 6.07) is 12.6. The molecule has 0 saturated carbocycles. The van der Waals surface area contributed by atoms with Crippen molar-refractivity contribution in [3.63, 3.8) is 0 Å². The molecule has 3 N–H and O–H groups in total. The molecule has 7 nitrogen and oxygen atoms in total. The highest BCUT2D eigenvalue weighted by Crippen LogP contribution is 2.22. The lowest BCUT2D eigenvalue weighted by atomic mass is 9.97. The van der Waals surface area contributed by atoms with E-state index in [1.54, 1.807) is 35.2 Å². The van der Waals surface area contributed by atoms with Crippen molar-refractivity contribution in [3.8, 4) is 0 Å². The number of hydrogen-bond acceptors (Lipinski definition) is 4. The van der Waals surface area contributed by atoms with Crippen molar-refractivity contribution < 1.29 is 18.0 Å². The zero-order valence-electron chi connectivity index (χ0n) is 15.0. The minimum atomic E-state index is -3.85. The summed E-state index contributed by atoms with van der Waals surface area (Å²) < 4.78 is 28.7. The molecule has 0 aliphatic carbocycles. The van der Waals surface area contributed by atoms with Gasteiger partial charge in [0.1, 0.15) is 0 Å². The zero-order valence-corrected chi connectivity index (χ0v) is 17.4. The van der Waals surface area contributed by atoms with Crippen molar-refractivity contribution >= 4 is 43.5 Å². The summed E-state index contributed by atoms with van der Waals surface area (Å²) in [6.45, 7) is 0.763. The predicted molar refractivity (Wildman–Crippen MR) is 109 cm³/mol. The number of nitrogens with one attached hydrogen (secondary N) is 1. The first-order valence-electron chi connectivity index (χ1n) is 8.73. The summed E-state index contributed by atoms with van der Waals surface area (Å²) in [5.74, 6) is -1.11. The predicted octanol–water partition coefficient (Wildman–Crippen LogP) is 2.59. The summed E-state index contributed by atoms with van der Waals surface area (Å²) in [4.78, 5) is 25.8. The Morgan fingerprint density at radius 2 is 1.86 bits per heavy atom. The van der Waals surface area contributed by atoms with Crippen molar-refractivity contribution in [2.45, 2.75) is 17.7 Å². The third-order valence-electron chi connectivity index (χ3n) is 4.60. The molecule has 2 aromatic rings. The van der Waals surface area contributed by atoms with Gasteiger partial charge in [-0.3, -0.25) is 14.3 Å². The molecule has 1 atom stereocenters. The lowest BCUT2D eigenvalue weighted by molar-refractivity contribution is -0.123. The second-order valence-corrected chi connectivity index (χ2v) is 9.23. The first-order chi connectivity index (χ1) is 13.3. The molecule has 3 rings (SSSR count). The molecule has 0 radical (unpaired) electrons. The van der Waals surface area contributed by atoms with E-state index in [4.69, 9.17) is 5.73 Å². The Morgan fingerprint density at radius 3 is 2.54 bits per heavy atom. The fourth-order valence-electron chi connectivity index (χ4n) is 3.10. The summed E-state index contributed by atoms with van der Waals surface area (Å²) in [6.07, 6.45) is 1.34. The molecule has 148 valence electrons. The van der Waals surface area contributed by atoms with Gasteiger partial charge in [-0.25, -0.2) is 8.42 Å². The third-order valence-corrected chi connectivity index (χ3v) is 6.51. The standard InChI is InChI=1S/C19H20BrN3O4S/c20-15-6-8-16(9-7-15)22-28(26,27)17-5-1-3-13(11-17)19(25)23-10-2-4-14(12-23)18(21)24/h1,3,5-9,11,14,22H,2,4,10,12H2,(H2,21,24)/t14-/m1/s1. The largest absolute Gasteiger partial charge is 0.369 e. The Hall–Kier alpha value is -2.39. The number of primary amides is 1. The number of carbonyl (C=O) groups is 2. The molecule has 0 spiro atoms. The Balaban J connectivity index is 1.80. The second kappa shape index (κ2) is 8.32. The highest BCUT2D eigenvalue weighted by atomic mass is 79.9. The van der Waals surface area contributed by atoms with E-state index in [0.29, 0.717) is 25.1 Å². The van der Waals surface area contributed by atoms with Crippen molar-refractivity contribution in [1.29, 1.82) is 0 Å². The second-order valence-electron chi connectivity index (χ2n) is 6.63. The van der Waals surface area contributed by atoms with Crippen LogP contribution in [0.1, 0.15) is 23.2 Å². The van der Waals surface area contributed by atoms with Gasteiger partial charge in [0, 0.05) is 28.8 Å². The normalized spacial score (nSPS) is 17.2. The van der Waals surface area contributed by atoms with Crippen LogP contribution in [-0.4, -0.2) is 38.2 Å². The van der Waals surface area contributed by atoms with E-state index < -0.39 is 15.9 Å². The molecule has 2 aromatic carbocycles. The van der Waals surface area contributed by atoms with Gasteiger partial charge >= 0.3 is 0 Å². The fraction of sp³-hybridized carbons (Fsp3) is 0.263. The molecule has 1 fully saturated rings. The van der Waals surface area contributed by atoms with E-state index in [1.165, 1.54) is 18.2 Å². The summed E-state index contributed by atoms with van der Waals surface area (Å²) in [5, 5.41) is 0. The highest BCUT2D eigenvalue weighted by Gasteiger charge is 2.28. The molecule has 0 aromatic heterocycles. The van der Waals surface area contributed by atoms with Gasteiger partial charge in [0.05, 0.1) is 10.8 Å². The van der Waals surface area contributed by atoms with E-state index in [-0.39, 0.29) is 28.8 Å². The number of halogens is 1. The number of likely N-dealkylation sites (tertiary alicyclic amines) is 1. The highest BCUT2D eigenvalue weighted by molar-refractivity contribution is 9.10. The average molecular weight is 466 g/mol. The van der Waals surface area contributed by atoms with E-state index in [2.05, 4.69) is 20.7 Å². The average Bonchev–Trinajstić information content (AvgIpc) is 2.69. The van der Waals surface area contributed by atoms with Gasteiger partial charge in [0.25, 0.3) is 15.9 Å². The number of benzene rings is 2. The first kappa shape index (κ1) is 20.3. The van der Waals surface area contributed by atoms with Crippen molar-refractivity contribution in [2.24, 2.45) is 11.7 Å². The van der Waals surface area contributed by atoms with E-state index in [0.717, 1.165) is 4.47 Å². The third kappa shape index (κ3) is 4.71. The quantitative estimate of drug-likeness (QED) is 0.706. The number of nitrogens with zero attached hydrogens (tertiary/aromatic N) is 1. The number of nitrogens with two attached hydrogens (primary N) is 1. The summed E-state index contributed by atoms with van der Waals surface area (Å²) >= 11 is 3.30. The minimum absolute atomic E-state index is 0.00951. The van der Waals surface area contributed by atoms with Gasteiger partial charge in [-0.15, -0.1) is 0 Å². The van der Waals surface area contributed by atoms with Gasteiger partial charge in [0.15, 0.2) is 0 Å². The molecule has 0 unspecified atom stereocenters. The number of piperidine rings is 1. The van der Waals surface area contributed by atoms with Gasteiger partial charge in [-0.2, -0.15) is 0 Å². The molecule has 1 heterocycles. The first-order valence-corrected chi connectivity index (χ1v) is 11.0. The van der Waals surface area contributed by atoms with Gasteiger partial charge < -0.3 is 10.6 Å². The number of anilines is 1. The number of sulfonamides is 1. The lowest BCUT2D eigenvalue weighted by Gasteiger charge is -2.31. The van der Waals surface area contributed by atoms with Crippen molar-refractivity contribution in [2.75, 3.05) is 17.8 Å². The van der Waals surface area contributed by atoms with Crippen LogP contribution < -0.4 is 10.5 Å². The molecule has 2 amide bonds. The van der Waals surface area contributed by atoms with Crippen LogP contribution in [0.4, 0.5) is 5.69 Å². The number of rotatable bonds is 5. The molecular weight excluding hydrogens is 446 g/mol. The van der Waals surface area contributed by atoms with Crippen LogP contribution in [0.25, 0.3) is 0 Å². The molecule has 9 heteroatoms. The molecule has 0 bridgehead atoms. The van der Waals surface area contributed by atoms with E-state index in [1.807, 2.05) is 0 Å². The SMILES string of the molecule is NC(=O)[C@@H]1CCCN(C(=O)c2cccc(S(=O)(=O)Nc3ccc(Br)cc3)c2)C1. The lowest BCUT2D eigenvalue weighted by Crippen LogP contribution is -2.44. The Kier molecular flexibility index (Phi) is 6.04. The monoisotopic (exact) mass is 465 g/mol. The smallest absolute Gasteiger partial charge is 0.261 e. The van der Waals surface area contributed by atoms with Crippen LogP contribution in [-0.2, 0) is 14.8 Å². The Morgan fingerprint density at radius 1 is 1.14 bits per heavy atom. The Bertz CT molecular complexity index is 992. The van der Waals surface area contributed by atoms with Gasteiger partial charge in [0.2, 0.25) is 5.91 Å². The van der Waals surface area contributed by atoms with Crippen LogP contribution >= 0.6 is 15.9 Å². The van der Waals surface area contributed by atoms with Crippen LogP contribution in [0.5, 0.6) is 0 Å². The topological polar surface area (TPSA) is 110 Å². The van der Waals surface area contributed by atoms with Crippen LogP contribution in [0.15, 0.2) is 57.9 Å². The minimum Gasteiger partial charge on any atom is -0.369 e.